The number of carbonyl (C=O) groups is 1. The topological polar surface area (TPSA) is 87.3 Å². The van der Waals surface area contributed by atoms with Crippen LogP contribution in [0.25, 0.3) is 0 Å². The molecule has 0 aliphatic carbocycles. The van der Waals surface area contributed by atoms with Gasteiger partial charge in [-0.2, -0.15) is 0 Å². The number of benzene rings is 3. The molecule has 3 N–H and O–H groups in total. The van der Waals surface area contributed by atoms with Crippen molar-refractivity contribution in [2.24, 2.45) is 0 Å². The average molecular weight is 448 g/mol. The molecule has 0 saturated heterocycles. The van der Waals surface area contributed by atoms with E-state index in [9.17, 15) is 17.6 Å². The minimum absolute atomic E-state index is 0.162. The molecule has 1 atom stereocenters. The van der Waals surface area contributed by atoms with Crippen LogP contribution in [0, 0.1) is 5.82 Å². The van der Waals surface area contributed by atoms with E-state index in [1.54, 1.807) is 12.1 Å². The normalized spacial score (nSPS) is 12.1. The molecule has 0 aliphatic heterocycles. The third-order valence-electron chi connectivity index (χ3n) is 4.24. The number of amides is 2. The highest BCUT2D eigenvalue weighted by Crippen LogP contribution is 2.22. The van der Waals surface area contributed by atoms with Crippen LogP contribution in [0.4, 0.5) is 20.6 Å². The zero-order chi connectivity index (χ0) is 21.7. The second kappa shape index (κ2) is 9.15. The molecule has 0 aromatic heterocycles. The summed E-state index contributed by atoms with van der Waals surface area (Å²) < 4.78 is 40.5. The number of hydrogen-bond acceptors (Lipinski definition) is 3. The fourth-order valence-corrected chi connectivity index (χ4v) is 4.00. The van der Waals surface area contributed by atoms with Gasteiger partial charge in [-0.1, -0.05) is 41.9 Å². The van der Waals surface area contributed by atoms with Gasteiger partial charge in [0, 0.05) is 11.4 Å². The van der Waals surface area contributed by atoms with Gasteiger partial charge < -0.3 is 10.6 Å². The molecule has 6 nitrogen and oxygen atoms in total. The Morgan fingerprint density at radius 1 is 0.967 bits per heavy atom. The first kappa shape index (κ1) is 21.6. The maximum Gasteiger partial charge on any atom is 0.319 e. The van der Waals surface area contributed by atoms with E-state index >= 15 is 0 Å². The molecule has 2 amide bonds. The largest absolute Gasteiger partial charge is 0.331 e. The van der Waals surface area contributed by atoms with Gasteiger partial charge >= 0.3 is 6.03 Å². The second-order valence-corrected chi connectivity index (χ2v) is 8.58. The molecule has 0 heterocycles. The van der Waals surface area contributed by atoms with E-state index < -0.39 is 15.8 Å². The molecule has 9 heteroatoms. The van der Waals surface area contributed by atoms with Crippen LogP contribution in [-0.2, 0) is 10.0 Å². The smallest absolute Gasteiger partial charge is 0.319 e. The van der Waals surface area contributed by atoms with Gasteiger partial charge in [0.2, 0.25) is 0 Å². The predicted octanol–water partition coefficient (Wildman–Crippen LogP) is 5.16. The standard InChI is InChI=1S/C21H19ClFN3O3S/c1-14(15-5-3-2-4-6-15)24-21(27)25-16-7-9-17(10-8-16)26-30(28,29)18-11-12-20(23)19(22)13-18/h2-14,26H,1H3,(H2,24,25,27)/t14-/m0/s1. The monoisotopic (exact) mass is 447 g/mol. The number of halogens is 2. The molecule has 3 aromatic rings. The zero-order valence-electron chi connectivity index (χ0n) is 15.9. The molecule has 0 unspecified atom stereocenters. The van der Waals surface area contributed by atoms with Crippen LogP contribution in [-0.4, -0.2) is 14.4 Å². The summed E-state index contributed by atoms with van der Waals surface area (Å²) in [5.74, 6) is -0.703. The van der Waals surface area contributed by atoms with E-state index in [1.807, 2.05) is 37.3 Å². The first-order chi connectivity index (χ1) is 14.2. The first-order valence-electron chi connectivity index (χ1n) is 8.95. The third kappa shape index (κ3) is 5.49. The van der Waals surface area contributed by atoms with Gasteiger partial charge in [-0.3, -0.25) is 4.72 Å². The van der Waals surface area contributed by atoms with Gasteiger partial charge in [0.25, 0.3) is 10.0 Å². The van der Waals surface area contributed by atoms with E-state index in [0.29, 0.717) is 5.69 Å². The van der Waals surface area contributed by atoms with Crippen LogP contribution in [0.1, 0.15) is 18.5 Å². The Morgan fingerprint density at radius 3 is 2.23 bits per heavy atom. The Balaban J connectivity index is 1.61. The Hall–Kier alpha value is -3.10. The fourth-order valence-electron chi connectivity index (χ4n) is 2.67. The lowest BCUT2D eigenvalue weighted by molar-refractivity contribution is 0.249. The fraction of sp³-hybridized carbons (Fsp3) is 0.0952. The Bertz CT molecular complexity index is 1140. The number of rotatable bonds is 6. The highest BCUT2D eigenvalue weighted by molar-refractivity contribution is 7.92. The summed E-state index contributed by atoms with van der Waals surface area (Å²) in [7, 11) is -3.94. The lowest BCUT2D eigenvalue weighted by Crippen LogP contribution is -2.31. The number of carbonyl (C=O) groups excluding carboxylic acids is 1. The molecule has 0 spiro atoms. The van der Waals surface area contributed by atoms with Crippen molar-refractivity contribution in [1.82, 2.24) is 5.32 Å². The van der Waals surface area contributed by atoms with E-state index in [1.165, 1.54) is 12.1 Å². The maximum absolute atomic E-state index is 13.3. The van der Waals surface area contributed by atoms with Gasteiger partial charge in [-0.15, -0.1) is 0 Å². The Kier molecular flexibility index (Phi) is 6.59. The summed E-state index contributed by atoms with van der Waals surface area (Å²) in [5, 5.41) is 5.23. The number of hydrogen-bond donors (Lipinski definition) is 3. The van der Waals surface area contributed by atoms with E-state index in [0.717, 1.165) is 23.8 Å². The molecule has 3 rings (SSSR count). The highest BCUT2D eigenvalue weighted by atomic mass is 35.5. The van der Waals surface area contributed by atoms with E-state index in [4.69, 9.17) is 11.6 Å². The maximum atomic E-state index is 13.3. The van der Waals surface area contributed by atoms with Gasteiger partial charge in [0.15, 0.2) is 0 Å². The second-order valence-electron chi connectivity index (χ2n) is 6.49. The van der Waals surface area contributed by atoms with Crippen molar-refractivity contribution in [2.75, 3.05) is 10.0 Å². The Labute approximate surface area is 179 Å². The molecule has 0 radical (unpaired) electrons. The number of urea groups is 1. The van der Waals surface area contributed by atoms with Crippen LogP contribution < -0.4 is 15.4 Å². The average Bonchev–Trinajstić information content (AvgIpc) is 2.71. The van der Waals surface area contributed by atoms with E-state index in [-0.39, 0.29) is 27.7 Å². The van der Waals surface area contributed by atoms with Gasteiger partial charge in [0.05, 0.1) is 16.0 Å². The summed E-state index contributed by atoms with van der Waals surface area (Å²) in [6.45, 7) is 1.87. The van der Waals surface area contributed by atoms with Gasteiger partial charge in [0.1, 0.15) is 5.82 Å². The number of sulfonamides is 1. The summed E-state index contributed by atoms with van der Waals surface area (Å²) >= 11 is 5.65. The molecular weight excluding hydrogens is 429 g/mol. The molecule has 156 valence electrons. The van der Waals surface area contributed by atoms with Crippen LogP contribution in [0.15, 0.2) is 77.7 Å². The minimum Gasteiger partial charge on any atom is -0.331 e. The summed E-state index contributed by atoms with van der Waals surface area (Å²) in [4.78, 5) is 12.0. The molecule has 0 fully saturated rings. The molecule has 0 aliphatic rings. The summed E-state index contributed by atoms with van der Waals surface area (Å²) in [6.07, 6.45) is 0. The predicted molar refractivity (Wildman–Crippen MR) is 116 cm³/mol. The summed E-state index contributed by atoms with van der Waals surface area (Å²) in [5.41, 5.74) is 1.73. The summed E-state index contributed by atoms with van der Waals surface area (Å²) in [6, 6.07) is 18.2. The molecule has 30 heavy (non-hydrogen) atoms. The van der Waals surface area contributed by atoms with Crippen LogP contribution in [0.3, 0.4) is 0 Å². The van der Waals surface area contributed by atoms with Crippen LogP contribution >= 0.6 is 11.6 Å². The highest BCUT2D eigenvalue weighted by Gasteiger charge is 2.16. The van der Waals surface area contributed by atoms with Gasteiger partial charge in [-0.25, -0.2) is 17.6 Å². The molecule has 0 saturated carbocycles. The van der Waals surface area contributed by atoms with Crippen LogP contribution in [0.2, 0.25) is 5.02 Å². The lowest BCUT2D eigenvalue weighted by Gasteiger charge is -2.15. The number of nitrogens with one attached hydrogen (secondary N) is 3. The molecule has 3 aromatic carbocycles. The zero-order valence-corrected chi connectivity index (χ0v) is 17.5. The van der Waals surface area contributed by atoms with E-state index in [2.05, 4.69) is 15.4 Å². The molecule has 0 bridgehead atoms. The lowest BCUT2D eigenvalue weighted by atomic mass is 10.1. The van der Waals surface area contributed by atoms with Crippen molar-refractivity contribution < 1.29 is 17.6 Å². The van der Waals surface area contributed by atoms with Crippen molar-refractivity contribution in [2.45, 2.75) is 17.9 Å². The first-order valence-corrected chi connectivity index (χ1v) is 10.8. The van der Waals surface area contributed by atoms with Crippen molar-refractivity contribution in [1.29, 1.82) is 0 Å². The quantitative estimate of drug-likeness (QED) is 0.487. The van der Waals surface area contributed by atoms with Crippen molar-refractivity contribution >= 4 is 39.0 Å². The number of anilines is 2. The van der Waals surface area contributed by atoms with Crippen LogP contribution in [0.5, 0.6) is 0 Å². The minimum atomic E-state index is -3.94. The third-order valence-corrected chi connectivity index (χ3v) is 5.91. The SMILES string of the molecule is C[C@H](NC(=O)Nc1ccc(NS(=O)(=O)c2ccc(F)c(Cl)c2)cc1)c1ccccc1. The Morgan fingerprint density at radius 2 is 1.60 bits per heavy atom. The van der Waals surface area contributed by atoms with Crippen molar-refractivity contribution in [3.8, 4) is 0 Å². The van der Waals surface area contributed by atoms with Crippen molar-refractivity contribution in [3.63, 3.8) is 0 Å². The van der Waals surface area contributed by atoms with Crippen molar-refractivity contribution in [3.05, 3.63) is 89.2 Å². The molecular formula is C21H19ClFN3O3S. The van der Waals surface area contributed by atoms with Gasteiger partial charge in [-0.05, 0) is 55.0 Å².